The smallest absolute Gasteiger partial charge is 0.211 e. The predicted molar refractivity (Wildman–Crippen MR) is 103 cm³/mol. The van der Waals surface area contributed by atoms with Gasteiger partial charge in [0, 0.05) is 19.6 Å². The van der Waals surface area contributed by atoms with Crippen LogP contribution in [0.1, 0.15) is 24.9 Å². The number of benzene rings is 1. The molecule has 1 atom stereocenters. The molecule has 4 nitrogen and oxygen atoms in total. The zero-order valence-corrected chi connectivity index (χ0v) is 16.4. The first-order valence-electron chi connectivity index (χ1n) is 8.49. The van der Waals surface area contributed by atoms with Crippen LogP contribution in [0, 0.1) is 5.82 Å². The molecule has 0 saturated carbocycles. The highest BCUT2D eigenvalue weighted by Gasteiger charge is 2.24. The summed E-state index contributed by atoms with van der Waals surface area (Å²) >= 11 is 6.51. The lowest BCUT2D eigenvalue weighted by Gasteiger charge is -2.33. The Balaban J connectivity index is 1.71. The Hall–Kier alpha value is -1.63. The van der Waals surface area contributed by atoms with Gasteiger partial charge in [0.05, 0.1) is 12.3 Å². The van der Waals surface area contributed by atoms with Gasteiger partial charge in [-0.15, -0.1) is 0 Å². The summed E-state index contributed by atoms with van der Waals surface area (Å²) in [6, 6.07) is 6.47. The zero-order valence-electron chi connectivity index (χ0n) is 14.8. The van der Waals surface area contributed by atoms with E-state index in [-0.39, 0.29) is 11.9 Å². The van der Waals surface area contributed by atoms with Crippen LogP contribution in [0.3, 0.4) is 0 Å². The van der Waals surface area contributed by atoms with Crippen LogP contribution in [0.5, 0.6) is 0 Å². The summed E-state index contributed by atoms with van der Waals surface area (Å²) < 4.78 is 37.8. The van der Waals surface area contributed by atoms with Crippen LogP contribution < -0.4 is 0 Å². The largest absolute Gasteiger partial charge is 0.352 e. The molecule has 0 saturated heterocycles. The van der Waals surface area contributed by atoms with Crippen LogP contribution in [-0.2, 0) is 10.0 Å². The topological polar surface area (TPSA) is 40.6 Å². The quantitative estimate of drug-likeness (QED) is 0.727. The maximum Gasteiger partial charge on any atom is 0.211 e. The van der Waals surface area contributed by atoms with E-state index in [1.54, 1.807) is 12.1 Å². The molecule has 140 valence electrons. The van der Waals surface area contributed by atoms with E-state index in [2.05, 4.69) is 6.08 Å². The fourth-order valence-corrected chi connectivity index (χ4v) is 4.36. The van der Waals surface area contributed by atoms with Crippen LogP contribution in [0.4, 0.5) is 4.39 Å². The van der Waals surface area contributed by atoms with E-state index in [0.717, 1.165) is 16.7 Å². The summed E-state index contributed by atoms with van der Waals surface area (Å²) in [7, 11) is -3.15. The average molecular weight is 397 g/mol. The summed E-state index contributed by atoms with van der Waals surface area (Å²) in [6.07, 6.45) is 7.89. The number of halogens is 2. The minimum Gasteiger partial charge on any atom is -0.352 e. The zero-order chi connectivity index (χ0) is 18.9. The van der Waals surface area contributed by atoms with E-state index < -0.39 is 10.0 Å². The summed E-state index contributed by atoms with van der Waals surface area (Å²) in [5.41, 5.74) is 3.17. The molecule has 0 spiro atoms. The normalized spacial score (nSPS) is 20.3. The molecule has 0 N–H and O–H groups in total. The van der Waals surface area contributed by atoms with Gasteiger partial charge in [0.25, 0.3) is 0 Å². The lowest BCUT2D eigenvalue weighted by atomic mass is 9.97. The van der Waals surface area contributed by atoms with Gasteiger partial charge in [-0.05, 0) is 48.3 Å². The third-order valence-electron chi connectivity index (χ3n) is 4.89. The van der Waals surface area contributed by atoms with Gasteiger partial charge in [0.15, 0.2) is 0 Å². The van der Waals surface area contributed by atoms with Gasteiger partial charge in [0.2, 0.25) is 10.0 Å². The molecular formula is C19H22ClFN2O2S. The van der Waals surface area contributed by atoms with Crippen molar-refractivity contribution in [2.45, 2.75) is 19.4 Å². The molecule has 2 aliphatic heterocycles. The van der Waals surface area contributed by atoms with E-state index in [9.17, 15) is 12.8 Å². The molecule has 0 aliphatic carbocycles. The van der Waals surface area contributed by atoms with E-state index >= 15 is 0 Å². The average Bonchev–Trinajstić information content (AvgIpc) is 2.61. The summed E-state index contributed by atoms with van der Waals surface area (Å²) in [6.45, 7) is 3.57. The summed E-state index contributed by atoms with van der Waals surface area (Å²) in [4.78, 5) is 2.05. The number of hydrogen-bond donors (Lipinski definition) is 0. The van der Waals surface area contributed by atoms with E-state index in [1.807, 2.05) is 24.0 Å². The first-order valence-corrected chi connectivity index (χ1v) is 10.7. The molecular weight excluding hydrogens is 375 g/mol. The first-order chi connectivity index (χ1) is 12.3. The molecule has 7 heteroatoms. The van der Waals surface area contributed by atoms with Gasteiger partial charge >= 0.3 is 0 Å². The Morgan fingerprint density at radius 1 is 1.15 bits per heavy atom. The van der Waals surface area contributed by atoms with Crippen molar-refractivity contribution in [3.8, 4) is 0 Å². The van der Waals surface area contributed by atoms with Gasteiger partial charge in [-0.25, -0.2) is 12.8 Å². The Bertz CT molecular complexity index is 875. The summed E-state index contributed by atoms with van der Waals surface area (Å²) in [5, 5.41) is 0.630. The number of hydrogen-bond acceptors (Lipinski definition) is 3. The van der Waals surface area contributed by atoms with Crippen LogP contribution in [-0.4, -0.2) is 43.5 Å². The van der Waals surface area contributed by atoms with Crippen LogP contribution in [0.2, 0.25) is 0 Å². The van der Waals surface area contributed by atoms with Crippen molar-refractivity contribution in [1.82, 2.24) is 9.21 Å². The second-order valence-corrected chi connectivity index (χ2v) is 8.98. The van der Waals surface area contributed by atoms with Gasteiger partial charge in [-0.3, -0.25) is 0 Å². The molecule has 2 heterocycles. The first kappa shape index (κ1) is 19.1. The Labute approximate surface area is 159 Å². The van der Waals surface area contributed by atoms with Crippen LogP contribution >= 0.6 is 11.6 Å². The fourth-order valence-electron chi connectivity index (χ4n) is 3.26. The van der Waals surface area contributed by atoms with Crippen molar-refractivity contribution in [2.24, 2.45) is 0 Å². The molecule has 0 bridgehead atoms. The third-order valence-corrected chi connectivity index (χ3v) is 6.48. The van der Waals surface area contributed by atoms with Crippen molar-refractivity contribution < 1.29 is 12.8 Å². The molecule has 3 rings (SSSR count). The third kappa shape index (κ3) is 4.19. The second kappa shape index (κ2) is 7.55. The fraction of sp³-hybridized carbons (Fsp3) is 0.368. The highest BCUT2D eigenvalue weighted by molar-refractivity contribution is 7.88. The molecule has 26 heavy (non-hydrogen) atoms. The van der Waals surface area contributed by atoms with Gasteiger partial charge < -0.3 is 4.90 Å². The molecule has 0 radical (unpaired) electrons. The Morgan fingerprint density at radius 3 is 2.38 bits per heavy atom. The van der Waals surface area contributed by atoms with Crippen LogP contribution in [0.25, 0.3) is 0 Å². The highest BCUT2D eigenvalue weighted by Crippen LogP contribution is 2.32. The Kier molecular flexibility index (Phi) is 5.55. The molecule has 0 aromatic heterocycles. The molecule has 0 fully saturated rings. The minimum atomic E-state index is -3.15. The van der Waals surface area contributed by atoms with E-state index in [0.29, 0.717) is 31.2 Å². The second-order valence-electron chi connectivity index (χ2n) is 6.61. The minimum absolute atomic E-state index is 0.0261. The summed E-state index contributed by atoms with van der Waals surface area (Å²) in [5.74, 6) is -0.254. The SMILES string of the molecule is C[C@@H](c1ccc(F)cc1)N1CC=C(C2=CCN(S(C)(=O)=O)CC2)C=C1Cl. The maximum atomic E-state index is 13.1. The van der Waals surface area contributed by atoms with Crippen molar-refractivity contribution >= 4 is 21.6 Å². The van der Waals surface area contributed by atoms with Crippen molar-refractivity contribution in [3.05, 3.63) is 70.2 Å². The van der Waals surface area contributed by atoms with Crippen molar-refractivity contribution in [3.63, 3.8) is 0 Å². The van der Waals surface area contributed by atoms with Crippen LogP contribution in [0.15, 0.2) is 58.8 Å². The highest BCUT2D eigenvalue weighted by atomic mass is 35.5. The molecule has 0 amide bonds. The molecule has 1 aromatic carbocycles. The number of rotatable bonds is 4. The van der Waals surface area contributed by atoms with Gasteiger partial charge in [-0.2, -0.15) is 4.31 Å². The number of sulfonamides is 1. The van der Waals surface area contributed by atoms with E-state index in [4.69, 9.17) is 11.6 Å². The number of nitrogens with zero attached hydrogens (tertiary/aromatic N) is 2. The molecule has 1 aromatic rings. The molecule has 2 aliphatic rings. The molecule has 0 unspecified atom stereocenters. The Morgan fingerprint density at radius 2 is 1.85 bits per heavy atom. The number of allylic oxidation sites excluding steroid dienone is 2. The standard InChI is InChI=1S/C19H22ClFN2O2S/c1-14(15-3-5-18(21)6-4-15)23-12-9-17(13-19(23)20)16-7-10-22(11-8-16)26(2,24)25/h3-7,9,13-14H,8,10-12H2,1-2H3/t14-/m0/s1. The monoisotopic (exact) mass is 396 g/mol. The maximum absolute atomic E-state index is 13.1. The van der Waals surface area contributed by atoms with Gasteiger partial charge in [0.1, 0.15) is 11.0 Å². The lowest BCUT2D eigenvalue weighted by molar-refractivity contribution is 0.314. The van der Waals surface area contributed by atoms with Crippen molar-refractivity contribution in [1.29, 1.82) is 0 Å². The van der Waals surface area contributed by atoms with E-state index in [1.165, 1.54) is 22.7 Å². The van der Waals surface area contributed by atoms with Crippen molar-refractivity contribution in [2.75, 3.05) is 25.9 Å². The van der Waals surface area contributed by atoms with Gasteiger partial charge in [-0.1, -0.05) is 35.9 Å². The lowest BCUT2D eigenvalue weighted by Crippen LogP contribution is -2.34. The predicted octanol–water partition coefficient (Wildman–Crippen LogP) is 3.80.